The lowest BCUT2D eigenvalue weighted by molar-refractivity contribution is 0.190. The Morgan fingerprint density at radius 3 is 2.39 bits per heavy atom. The first-order chi connectivity index (χ1) is 8.59. The molecule has 1 aliphatic heterocycles. The summed E-state index contributed by atoms with van der Waals surface area (Å²) in [7, 11) is -3.11. The van der Waals surface area contributed by atoms with Gasteiger partial charge < -0.3 is 13.9 Å². The molecule has 1 rings (SSSR count). The number of thioether (sulfide) groups is 1. The molecule has 7 heteroatoms. The molecule has 1 aliphatic rings. The van der Waals surface area contributed by atoms with Crippen LogP contribution >= 0.6 is 31.6 Å². The van der Waals surface area contributed by atoms with Gasteiger partial charge in [-0.1, -0.05) is 37.3 Å². The minimum Gasteiger partial charge on any atom is -0.342 e. The lowest BCUT2D eigenvalue weighted by Gasteiger charge is -2.33. The predicted octanol–water partition coefficient (Wildman–Crippen LogP) is 3.71. The van der Waals surface area contributed by atoms with Crippen LogP contribution in [-0.4, -0.2) is 40.5 Å². The quantitative estimate of drug-likeness (QED) is 0.502. The van der Waals surface area contributed by atoms with Crippen LogP contribution < -0.4 is 0 Å². The van der Waals surface area contributed by atoms with Crippen LogP contribution in [0.4, 0.5) is 0 Å². The average molecular weight is 311 g/mol. The van der Waals surface area contributed by atoms with E-state index in [9.17, 15) is 4.57 Å². The first kappa shape index (κ1) is 16.4. The lowest BCUT2D eigenvalue weighted by Crippen LogP contribution is -2.36. The van der Waals surface area contributed by atoms with Crippen molar-refractivity contribution >= 4 is 35.9 Å². The molecular formula is C11H22NO3PS2. The molecule has 0 N–H and O–H groups in total. The summed E-state index contributed by atoms with van der Waals surface area (Å²) in [6.45, 7) is 7.37. The number of hydrogen-bond acceptors (Lipinski definition) is 5. The molecule has 4 nitrogen and oxygen atoms in total. The molecule has 0 radical (unpaired) electrons. The van der Waals surface area contributed by atoms with E-state index in [0.29, 0.717) is 13.2 Å². The third-order valence-corrected chi connectivity index (χ3v) is 6.64. The van der Waals surface area contributed by atoms with Gasteiger partial charge >= 0.3 is 7.60 Å². The van der Waals surface area contributed by atoms with Gasteiger partial charge in [-0.05, 0) is 20.3 Å². The van der Waals surface area contributed by atoms with E-state index in [1.165, 1.54) is 0 Å². The molecule has 18 heavy (non-hydrogen) atoms. The third-order valence-electron chi connectivity index (χ3n) is 2.68. The summed E-state index contributed by atoms with van der Waals surface area (Å²) in [6, 6.07) is 0. The maximum atomic E-state index is 12.9. The largest absolute Gasteiger partial charge is 0.352 e. The maximum absolute atomic E-state index is 12.9. The molecule has 0 aliphatic carbocycles. The van der Waals surface area contributed by atoms with Gasteiger partial charge in [0.1, 0.15) is 10.1 Å². The minimum atomic E-state index is -3.11. The highest BCUT2D eigenvalue weighted by Gasteiger charge is 2.41. The topological polar surface area (TPSA) is 38.8 Å². The molecule has 1 heterocycles. The molecule has 1 unspecified atom stereocenters. The highest BCUT2D eigenvalue weighted by atomic mass is 32.2. The fourth-order valence-corrected chi connectivity index (χ4v) is 5.75. The van der Waals surface area contributed by atoms with Crippen molar-refractivity contribution in [2.24, 2.45) is 0 Å². The summed E-state index contributed by atoms with van der Waals surface area (Å²) >= 11 is 6.96. The summed E-state index contributed by atoms with van der Waals surface area (Å²) in [5.41, 5.74) is 0. The molecule has 106 valence electrons. The van der Waals surface area contributed by atoms with Crippen LogP contribution in [0.5, 0.6) is 0 Å². The molecule has 0 aromatic carbocycles. The van der Waals surface area contributed by atoms with Gasteiger partial charge in [0.05, 0.1) is 13.2 Å². The second-order valence-corrected chi connectivity index (χ2v) is 7.87. The Morgan fingerprint density at radius 2 is 2.00 bits per heavy atom. The highest BCUT2D eigenvalue weighted by Crippen LogP contribution is 2.56. The lowest BCUT2D eigenvalue weighted by atomic mass is 10.3. The minimum absolute atomic E-state index is 0.232. The number of rotatable bonds is 8. The van der Waals surface area contributed by atoms with Crippen molar-refractivity contribution in [1.82, 2.24) is 4.90 Å². The Labute approximate surface area is 119 Å². The van der Waals surface area contributed by atoms with Gasteiger partial charge in [0.2, 0.25) is 0 Å². The highest BCUT2D eigenvalue weighted by molar-refractivity contribution is 8.23. The fourth-order valence-electron chi connectivity index (χ4n) is 1.99. The molecule has 0 aromatic heterocycles. The van der Waals surface area contributed by atoms with Gasteiger partial charge in [0.25, 0.3) is 0 Å². The zero-order valence-corrected chi connectivity index (χ0v) is 13.8. The van der Waals surface area contributed by atoms with Crippen molar-refractivity contribution in [1.29, 1.82) is 0 Å². The van der Waals surface area contributed by atoms with Crippen LogP contribution in [0.3, 0.4) is 0 Å². The van der Waals surface area contributed by atoms with Crippen molar-refractivity contribution in [3.05, 3.63) is 0 Å². The Bertz CT molecular complexity index is 317. The fraction of sp³-hybridized carbons (Fsp3) is 0.909. The summed E-state index contributed by atoms with van der Waals surface area (Å²) in [5, 5.41) is 0. The van der Waals surface area contributed by atoms with Crippen molar-refractivity contribution < 1.29 is 13.6 Å². The van der Waals surface area contributed by atoms with Crippen molar-refractivity contribution in [3.8, 4) is 0 Å². The van der Waals surface area contributed by atoms with E-state index < -0.39 is 7.60 Å². The summed E-state index contributed by atoms with van der Waals surface area (Å²) in [5.74, 6) is 0.724. The third kappa shape index (κ3) is 3.94. The van der Waals surface area contributed by atoms with Crippen LogP contribution in [0.25, 0.3) is 0 Å². The molecule has 0 bridgehead atoms. The molecule has 0 aromatic rings. The van der Waals surface area contributed by atoms with E-state index in [0.717, 1.165) is 29.5 Å². The predicted molar refractivity (Wildman–Crippen MR) is 81.3 cm³/mol. The van der Waals surface area contributed by atoms with Gasteiger partial charge in [-0.25, -0.2) is 0 Å². The van der Waals surface area contributed by atoms with E-state index in [1.807, 2.05) is 18.7 Å². The van der Waals surface area contributed by atoms with E-state index in [4.69, 9.17) is 21.3 Å². The maximum Gasteiger partial charge on any atom is 0.352 e. The average Bonchev–Trinajstić information content (AvgIpc) is 2.72. The normalized spacial score (nSPS) is 18.4. The molecule has 0 saturated carbocycles. The monoisotopic (exact) mass is 311 g/mol. The molecule has 1 fully saturated rings. The molecular weight excluding hydrogens is 289 g/mol. The molecule has 1 atom stereocenters. The van der Waals surface area contributed by atoms with E-state index >= 15 is 0 Å². The van der Waals surface area contributed by atoms with Gasteiger partial charge in [-0.3, -0.25) is 4.57 Å². The Kier molecular flexibility index (Phi) is 7.17. The van der Waals surface area contributed by atoms with Gasteiger partial charge in [0.15, 0.2) is 0 Å². The van der Waals surface area contributed by atoms with Crippen LogP contribution in [0.2, 0.25) is 0 Å². The van der Waals surface area contributed by atoms with Crippen LogP contribution in [0.15, 0.2) is 0 Å². The van der Waals surface area contributed by atoms with Crippen LogP contribution in [0, 0.1) is 0 Å². The zero-order valence-electron chi connectivity index (χ0n) is 11.3. The van der Waals surface area contributed by atoms with Crippen molar-refractivity contribution in [2.45, 2.75) is 39.4 Å². The van der Waals surface area contributed by atoms with Crippen molar-refractivity contribution in [3.63, 3.8) is 0 Å². The summed E-state index contributed by atoms with van der Waals surface area (Å²) in [4.78, 5) is 2.02. The van der Waals surface area contributed by atoms with Gasteiger partial charge in [-0.2, -0.15) is 0 Å². The smallest absolute Gasteiger partial charge is 0.342 e. The summed E-state index contributed by atoms with van der Waals surface area (Å²) in [6.07, 6.45) is 1.70. The Morgan fingerprint density at radius 1 is 1.39 bits per heavy atom. The Balaban J connectivity index is 2.92. The number of thiocarbonyl (C=S) groups is 1. The zero-order chi connectivity index (χ0) is 13.6. The molecule has 1 saturated heterocycles. The van der Waals surface area contributed by atoms with E-state index in [2.05, 4.69) is 6.92 Å². The Hall–Kier alpha value is 0.390. The first-order valence-corrected chi connectivity index (χ1v) is 9.41. The van der Waals surface area contributed by atoms with Gasteiger partial charge in [-0.15, -0.1) is 0 Å². The van der Waals surface area contributed by atoms with E-state index in [1.54, 1.807) is 11.8 Å². The number of nitrogens with zero attached hydrogens (tertiary/aromatic N) is 1. The molecule has 0 amide bonds. The van der Waals surface area contributed by atoms with Crippen molar-refractivity contribution in [2.75, 3.05) is 25.5 Å². The van der Waals surface area contributed by atoms with Crippen LogP contribution in [0.1, 0.15) is 33.6 Å². The standard InChI is InChI=1S/C11H22NO3PS2/c1-4-7-10(12-8-9-18-11(12)17)16(13,14-5-2)15-6-3/h10H,4-9H2,1-3H3. The van der Waals surface area contributed by atoms with E-state index in [-0.39, 0.29) is 5.78 Å². The molecule has 0 spiro atoms. The second-order valence-electron chi connectivity index (χ2n) is 3.95. The SMILES string of the molecule is CCCC(N1CCSC1=S)P(=O)(OCC)OCC. The van der Waals surface area contributed by atoms with Crippen LogP contribution in [-0.2, 0) is 13.6 Å². The first-order valence-electron chi connectivity index (χ1n) is 6.41. The second kappa shape index (κ2) is 7.85. The summed E-state index contributed by atoms with van der Waals surface area (Å²) < 4.78 is 24.6. The van der Waals surface area contributed by atoms with Gasteiger partial charge in [0, 0.05) is 12.3 Å². The number of hydrogen-bond donors (Lipinski definition) is 0.